The number of benzene rings is 1. The third-order valence-corrected chi connectivity index (χ3v) is 4.28. The van der Waals surface area contributed by atoms with Crippen LogP contribution in [-0.4, -0.2) is 39.3 Å². The molecule has 2 rings (SSSR count). The molecule has 1 aromatic carbocycles. The van der Waals surface area contributed by atoms with Crippen LogP contribution in [0, 0.1) is 11.8 Å². The fourth-order valence-electron chi connectivity index (χ4n) is 2.69. The molecule has 2 N–H and O–H groups in total. The molecule has 1 aromatic rings. The molecule has 1 aliphatic carbocycles. The van der Waals surface area contributed by atoms with Gasteiger partial charge in [-0.3, -0.25) is 4.99 Å². The van der Waals surface area contributed by atoms with Gasteiger partial charge in [0.05, 0.1) is 6.61 Å². The lowest BCUT2D eigenvalue weighted by Gasteiger charge is -2.12. The van der Waals surface area contributed by atoms with Gasteiger partial charge in [-0.15, -0.1) is 0 Å². The molecule has 23 heavy (non-hydrogen) atoms. The quantitative estimate of drug-likeness (QED) is 0.418. The number of ether oxygens (including phenoxy) is 1. The van der Waals surface area contributed by atoms with Crippen molar-refractivity contribution in [2.75, 3.05) is 33.4 Å². The van der Waals surface area contributed by atoms with Gasteiger partial charge >= 0.3 is 0 Å². The number of guanidine groups is 1. The van der Waals surface area contributed by atoms with Crippen molar-refractivity contribution in [1.29, 1.82) is 0 Å². The second-order valence-corrected chi connectivity index (χ2v) is 6.69. The highest BCUT2D eigenvalue weighted by Gasteiger charge is 2.37. The Labute approximate surface area is 140 Å². The highest BCUT2D eigenvalue weighted by Crippen LogP contribution is 2.46. The molecule has 0 spiro atoms. The number of nitrogens with zero attached hydrogens (tertiary/aromatic N) is 1. The van der Waals surface area contributed by atoms with Crippen molar-refractivity contribution in [2.45, 2.75) is 32.6 Å². The highest BCUT2D eigenvalue weighted by molar-refractivity contribution is 5.79. The smallest absolute Gasteiger partial charge is 0.191 e. The maximum Gasteiger partial charge on any atom is 0.191 e. The van der Waals surface area contributed by atoms with Gasteiger partial charge in [-0.2, -0.15) is 0 Å². The van der Waals surface area contributed by atoms with Gasteiger partial charge < -0.3 is 15.4 Å². The van der Waals surface area contributed by atoms with E-state index in [9.17, 15) is 0 Å². The minimum atomic E-state index is 0.702. The maximum atomic E-state index is 5.61. The Morgan fingerprint density at radius 1 is 1.22 bits per heavy atom. The molecule has 2 atom stereocenters. The molecular formula is C19H31N3O. The summed E-state index contributed by atoms with van der Waals surface area (Å²) in [6.07, 6.45) is 2.39. The second-order valence-electron chi connectivity index (χ2n) is 6.69. The molecular weight excluding hydrogens is 286 g/mol. The van der Waals surface area contributed by atoms with E-state index in [1.807, 2.05) is 7.05 Å². The molecule has 0 aliphatic heterocycles. The second kappa shape index (κ2) is 9.56. The van der Waals surface area contributed by atoms with Crippen LogP contribution in [-0.2, 0) is 4.74 Å². The lowest BCUT2D eigenvalue weighted by atomic mass is 10.1. The van der Waals surface area contributed by atoms with E-state index in [1.54, 1.807) is 0 Å². The summed E-state index contributed by atoms with van der Waals surface area (Å²) in [6, 6.07) is 10.8. The molecule has 0 heterocycles. The van der Waals surface area contributed by atoms with E-state index < -0.39 is 0 Å². The summed E-state index contributed by atoms with van der Waals surface area (Å²) < 4.78 is 5.61. The van der Waals surface area contributed by atoms with E-state index in [0.717, 1.165) is 44.6 Å². The van der Waals surface area contributed by atoms with Crippen LogP contribution in [0.5, 0.6) is 0 Å². The summed E-state index contributed by atoms with van der Waals surface area (Å²) in [4.78, 5) is 4.27. The first kappa shape index (κ1) is 17.8. The zero-order chi connectivity index (χ0) is 16.5. The molecule has 0 bridgehead atoms. The van der Waals surface area contributed by atoms with Crippen LogP contribution in [0.2, 0.25) is 0 Å². The van der Waals surface area contributed by atoms with Crippen molar-refractivity contribution in [3.8, 4) is 0 Å². The molecule has 1 saturated carbocycles. The normalized spacial score (nSPS) is 20.6. The van der Waals surface area contributed by atoms with Crippen molar-refractivity contribution in [1.82, 2.24) is 10.6 Å². The molecule has 1 aliphatic rings. The number of hydrogen-bond donors (Lipinski definition) is 2. The standard InChI is InChI=1S/C19H31N3O/c1-15(2)9-11-23-12-10-21-19(20-3)22-14-17-13-18(17)16-7-5-4-6-8-16/h4-8,15,17-18H,9-14H2,1-3H3,(H2,20,21,22). The molecule has 4 heteroatoms. The molecule has 0 saturated heterocycles. The topological polar surface area (TPSA) is 45.7 Å². The minimum Gasteiger partial charge on any atom is -0.380 e. The molecule has 2 unspecified atom stereocenters. The van der Waals surface area contributed by atoms with E-state index in [0.29, 0.717) is 11.8 Å². The van der Waals surface area contributed by atoms with Crippen LogP contribution in [0.1, 0.15) is 38.2 Å². The predicted molar refractivity (Wildman–Crippen MR) is 96.9 cm³/mol. The average Bonchev–Trinajstić information content (AvgIpc) is 3.33. The first-order valence-electron chi connectivity index (χ1n) is 8.78. The third-order valence-electron chi connectivity index (χ3n) is 4.28. The number of nitrogens with one attached hydrogen (secondary N) is 2. The molecule has 4 nitrogen and oxygen atoms in total. The summed E-state index contributed by atoms with van der Waals surface area (Å²) in [5.41, 5.74) is 1.46. The zero-order valence-corrected chi connectivity index (χ0v) is 14.7. The molecule has 0 amide bonds. The van der Waals surface area contributed by atoms with Crippen LogP contribution < -0.4 is 10.6 Å². The van der Waals surface area contributed by atoms with Crippen molar-refractivity contribution in [3.05, 3.63) is 35.9 Å². The summed E-state index contributed by atoms with van der Waals surface area (Å²) in [6.45, 7) is 7.77. The first-order chi connectivity index (χ1) is 11.2. The fraction of sp³-hybridized carbons (Fsp3) is 0.632. The van der Waals surface area contributed by atoms with E-state index in [-0.39, 0.29) is 0 Å². The van der Waals surface area contributed by atoms with Crippen LogP contribution in [0.15, 0.2) is 35.3 Å². The van der Waals surface area contributed by atoms with Crippen LogP contribution >= 0.6 is 0 Å². The fourth-order valence-corrected chi connectivity index (χ4v) is 2.69. The zero-order valence-electron chi connectivity index (χ0n) is 14.7. The van der Waals surface area contributed by atoms with Crippen molar-refractivity contribution < 1.29 is 4.74 Å². The molecule has 0 radical (unpaired) electrons. The van der Waals surface area contributed by atoms with Gasteiger partial charge in [0.2, 0.25) is 0 Å². The summed E-state index contributed by atoms with van der Waals surface area (Å²) in [7, 11) is 1.82. The number of rotatable bonds is 9. The number of aliphatic imine (C=N–C) groups is 1. The molecule has 1 fully saturated rings. The monoisotopic (exact) mass is 317 g/mol. The average molecular weight is 317 g/mol. The van der Waals surface area contributed by atoms with Crippen LogP contribution in [0.25, 0.3) is 0 Å². The predicted octanol–water partition coefficient (Wildman–Crippen LogP) is 3.02. The Morgan fingerprint density at radius 3 is 2.70 bits per heavy atom. The lowest BCUT2D eigenvalue weighted by molar-refractivity contribution is 0.128. The summed E-state index contributed by atoms with van der Waals surface area (Å²) in [5, 5.41) is 6.73. The van der Waals surface area contributed by atoms with Crippen LogP contribution in [0.4, 0.5) is 0 Å². The van der Waals surface area contributed by atoms with Crippen molar-refractivity contribution in [3.63, 3.8) is 0 Å². The van der Waals surface area contributed by atoms with E-state index >= 15 is 0 Å². The largest absolute Gasteiger partial charge is 0.380 e. The Morgan fingerprint density at radius 2 is 2.00 bits per heavy atom. The van der Waals surface area contributed by atoms with Gasteiger partial charge in [0, 0.05) is 26.7 Å². The Balaban J connectivity index is 1.56. The molecule has 0 aromatic heterocycles. The van der Waals surface area contributed by atoms with Gasteiger partial charge in [0.25, 0.3) is 0 Å². The van der Waals surface area contributed by atoms with Gasteiger partial charge in [-0.25, -0.2) is 0 Å². The summed E-state index contributed by atoms with van der Waals surface area (Å²) in [5.74, 6) is 3.00. The van der Waals surface area contributed by atoms with Crippen LogP contribution in [0.3, 0.4) is 0 Å². The highest BCUT2D eigenvalue weighted by atomic mass is 16.5. The van der Waals surface area contributed by atoms with E-state index in [4.69, 9.17) is 4.74 Å². The minimum absolute atomic E-state index is 0.702. The van der Waals surface area contributed by atoms with Gasteiger partial charge in [-0.1, -0.05) is 44.2 Å². The Bertz CT molecular complexity index is 473. The lowest BCUT2D eigenvalue weighted by Crippen LogP contribution is -2.40. The van der Waals surface area contributed by atoms with Crippen molar-refractivity contribution in [2.24, 2.45) is 16.8 Å². The Hall–Kier alpha value is -1.55. The van der Waals surface area contributed by atoms with Gasteiger partial charge in [-0.05, 0) is 36.2 Å². The van der Waals surface area contributed by atoms with Gasteiger partial charge in [0.1, 0.15) is 0 Å². The van der Waals surface area contributed by atoms with Crippen molar-refractivity contribution >= 4 is 5.96 Å². The summed E-state index contributed by atoms with van der Waals surface area (Å²) >= 11 is 0. The van der Waals surface area contributed by atoms with Gasteiger partial charge in [0.15, 0.2) is 5.96 Å². The first-order valence-corrected chi connectivity index (χ1v) is 8.78. The maximum absolute atomic E-state index is 5.61. The third kappa shape index (κ3) is 6.61. The molecule has 128 valence electrons. The SMILES string of the molecule is CN=C(NCCOCCC(C)C)NCC1CC1c1ccccc1. The van der Waals surface area contributed by atoms with E-state index in [2.05, 4.69) is 59.8 Å². The Kier molecular flexibility index (Phi) is 7.40. The van der Waals surface area contributed by atoms with E-state index in [1.165, 1.54) is 12.0 Å². The number of hydrogen-bond acceptors (Lipinski definition) is 2.